The van der Waals surface area contributed by atoms with Crippen molar-refractivity contribution in [3.8, 4) is 0 Å². The van der Waals surface area contributed by atoms with Crippen LogP contribution in [0.5, 0.6) is 0 Å². The Hall–Kier alpha value is -1.90. The highest BCUT2D eigenvalue weighted by atomic mass is 16.1. The quantitative estimate of drug-likeness (QED) is 0.786. The van der Waals surface area contributed by atoms with Gasteiger partial charge in [-0.15, -0.1) is 0 Å². The van der Waals surface area contributed by atoms with Gasteiger partial charge < -0.3 is 4.57 Å². The zero-order valence-corrected chi connectivity index (χ0v) is 11.2. The second-order valence-corrected chi connectivity index (χ2v) is 5.11. The standard InChI is InChI=1S/C16H18N2O/c1-2-9-18-10-8-17-16(18)15(19)14-7-6-12-4-3-5-13(12)11-14/h6-8,10-11H,2-5,9H2,1H3. The highest BCUT2D eigenvalue weighted by Crippen LogP contribution is 2.23. The van der Waals surface area contributed by atoms with Crippen LogP contribution in [0.15, 0.2) is 30.6 Å². The summed E-state index contributed by atoms with van der Waals surface area (Å²) in [5.74, 6) is 0.591. The summed E-state index contributed by atoms with van der Waals surface area (Å²) in [5.41, 5.74) is 3.50. The van der Waals surface area contributed by atoms with E-state index in [9.17, 15) is 4.79 Å². The number of aromatic nitrogens is 2. The first-order valence-corrected chi connectivity index (χ1v) is 6.97. The highest BCUT2D eigenvalue weighted by Gasteiger charge is 2.18. The molecule has 3 nitrogen and oxygen atoms in total. The molecule has 0 saturated heterocycles. The number of benzene rings is 1. The highest BCUT2D eigenvalue weighted by molar-refractivity contribution is 6.06. The minimum absolute atomic E-state index is 0.0353. The number of ketones is 1. The number of fused-ring (bicyclic) bond motifs is 1. The molecule has 1 aromatic carbocycles. The van der Waals surface area contributed by atoms with Crippen LogP contribution in [0.25, 0.3) is 0 Å². The summed E-state index contributed by atoms with van der Waals surface area (Å²) < 4.78 is 1.94. The third-order valence-electron chi connectivity index (χ3n) is 3.74. The first-order chi connectivity index (χ1) is 9.29. The van der Waals surface area contributed by atoms with Gasteiger partial charge in [-0.25, -0.2) is 4.98 Å². The number of rotatable bonds is 4. The molecule has 98 valence electrons. The number of carbonyl (C=O) groups excluding carboxylic acids is 1. The molecular weight excluding hydrogens is 236 g/mol. The van der Waals surface area contributed by atoms with Gasteiger partial charge >= 0.3 is 0 Å². The van der Waals surface area contributed by atoms with Crippen molar-refractivity contribution >= 4 is 5.78 Å². The molecule has 0 saturated carbocycles. The molecule has 0 atom stereocenters. The van der Waals surface area contributed by atoms with Crippen molar-refractivity contribution in [3.63, 3.8) is 0 Å². The van der Waals surface area contributed by atoms with Crippen molar-refractivity contribution in [2.45, 2.75) is 39.2 Å². The zero-order chi connectivity index (χ0) is 13.2. The maximum absolute atomic E-state index is 12.5. The Bertz CT molecular complexity index is 613. The lowest BCUT2D eigenvalue weighted by atomic mass is 10.0. The number of imidazole rings is 1. The van der Waals surface area contributed by atoms with E-state index in [1.165, 1.54) is 17.5 Å². The second-order valence-electron chi connectivity index (χ2n) is 5.11. The molecule has 19 heavy (non-hydrogen) atoms. The molecule has 0 spiro atoms. The maximum atomic E-state index is 12.5. The molecule has 0 aliphatic heterocycles. The zero-order valence-electron chi connectivity index (χ0n) is 11.2. The molecule has 0 fully saturated rings. The van der Waals surface area contributed by atoms with Crippen LogP contribution in [0.4, 0.5) is 0 Å². The topological polar surface area (TPSA) is 34.9 Å². The molecule has 0 radical (unpaired) electrons. The summed E-state index contributed by atoms with van der Waals surface area (Å²) >= 11 is 0. The largest absolute Gasteiger partial charge is 0.328 e. The van der Waals surface area contributed by atoms with Crippen LogP contribution in [-0.4, -0.2) is 15.3 Å². The molecule has 3 rings (SSSR count). The lowest BCUT2D eigenvalue weighted by Gasteiger charge is -2.07. The predicted molar refractivity (Wildman–Crippen MR) is 74.4 cm³/mol. The summed E-state index contributed by atoms with van der Waals surface area (Å²) in [6, 6.07) is 6.09. The van der Waals surface area contributed by atoms with E-state index in [-0.39, 0.29) is 5.78 Å². The maximum Gasteiger partial charge on any atom is 0.228 e. The lowest BCUT2D eigenvalue weighted by molar-refractivity contribution is 0.102. The number of aryl methyl sites for hydroxylation is 3. The monoisotopic (exact) mass is 254 g/mol. The number of hydrogen-bond donors (Lipinski definition) is 0. The van der Waals surface area contributed by atoms with Crippen LogP contribution in [0, 0.1) is 0 Å². The Morgan fingerprint density at radius 3 is 3.00 bits per heavy atom. The Morgan fingerprint density at radius 2 is 2.16 bits per heavy atom. The smallest absolute Gasteiger partial charge is 0.228 e. The van der Waals surface area contributed by atoms with Crippen LogP contribution in [0.1, 0.15) is 47.1 Å². The first-order valence-electron chi connectivity index (χ1n) is 6.97. The van der Waals surface area contributed by atoms with E-state index in [0.29, 0.717) is 5.82 Å². The van der Waals surface area contributed by atoms with E-state index in [0.717, 1.165) is 31.4 Å². The number of carbonyl (C=O) groups is 1. The summed E-state index contributed by atoms with van der Waals surface area (Å²) in [4.78, 5) is 16.7. The van der Waals surface area contributed by atoms with Crippen molar-refractivity contribution in [2.24, 2.45) is 0 Å². The molecule has 0 amide bonds. The third kappa shape index (κ3) is 2.21. The van der Waals surface area contributed by atoms with Gasteiger partial charge in [0.15, 0.2) is 5.82 Å². The second kappa shape index (κ2) is 5.00. The molecule has 1 heterocycles. The van der Waals surface area contributed by atoms with Gasteiger partial charge in [-0.3, -0.25) is 4.79 Å². The van der Waals surface area contributed by atoms with Crippen molar-refractivity contribution < 1.29 is 4.79 Å². The van der Waals surface area contributed by atoms with Crippen LogP contribution >= 0.6 is 0 Å². The predicted octanol–water partition coefficient (Wildman–Crippen LogP) is 3.01. The van der Waals surface area contributed by atoms with E-state index in [1.54, 1.807) is 6.20 Å². The number of nitrogens with zero attached hydrogens (tertiary/aromatic N) is 2. The molecule has 0 bridgehead atoms. The first kappa shape index (κ1) is 12.2. The Labute approximate surface area is 113 Å². The summed E-state index contributed by atoms with van der Waals surface area (Å²) in [7, 11) is 0. The van der Waals surface area contributed by atoms with Gasteiger partial charge in [-0.05, 0) is 42.9 Å². The van der Waals surface area contributed by atoms with Crippen molar-refractivity contribution in [3.05, 3.63) is 53.1 Å². The Kier molecular flexibility index (Phi) is 3.20. The van der Waals surface area contributed by atoms with E-state index in [1.807, 2.05) is 16.8 Å². The van der Waals surface area contributed by atoms with Gasteiger partial charge in [0.05, 0.1) is 0 Å². The minimum Gasteiger partial charge on any atom is -0.328 e. The average molecular weight is 254 g/mol. The molecule has 1 aliphatic rings. The van der Waals surface area contributed by atoms with Crippen molar-refractivity contribution in [1.29, 1.82) is 0 Å². The summed E-state index contributed by atoms with van der Waals surface area (Å²) in [6.07, 6.45) is 8.03. The summed E-state index contributed by atoms with van der Waals surface area (Å²) in [5, 5.41) is 0. The molecule has 2 aromatic rings. The Balaban J connectivity index is 1.93. The fraction of sp³-hybridized carbons (Fsp3) is 0.375. The van der Waals surface area contributed by atoms with Gasteiger partial charge in [0.1, 0.15) is 0 Å². The molecule has 1 aliphatic carbocycles. The minimum atomic E-state index is 0.0353. The lowest BCUT2D eigenvalue weighted by Crippen LogP contribution is -2.11. The normalized spacial score (nSPS) is 13.5. The molecule has 1 aromatic heterocycles. The van der Waals surface area contributed by atoms with Gasteiger partial charge in [0.2, 0.25) is 5.78 Å². The average Bonchev–Trinajstić information content (AvgIpc) is 3.05. The van der Waals surface area contributed by atoms with E-state index in [2.05, 4.69) is 24.0 Å². The van der Waals surface area contributed by atoms with Crippen LogP contribution in [0.3, 0.4) is 0 Å². The van der Waals surface area contributed by atoms with Crippen LogP contribution < -0.4 is 0 Å². The van der Waals surface area contributed by atoms with Crippen LogP contribution in [0.2, 0.25) is 0 Å². The fourth-order valence-electron chi connectivity index (χ4n) is 2.78. The van der Waals surface area contributed by atoms with Crippen molar-refractivity contribution in [1.82, 2.24) is 9.55 Å². The van der Waals surface area contributed by atoms with Gasteiger partial charge in [0.25, 0.3) is 0 Å². The number of hydrogen-bond acceptors (Lipinski definition) is 2. The van der Waals surface area contributed by atoms with E-state index >= 15 is 0 Å². The fourth-order valence-corrected chi connectivity index (χ4v) is 2.78. The molecule has 3 heteroatoms. The van der Waals surface area contributed by atoms with Gasteiger partial charge in [-0.2, -0.15) is 0 Å². The van der Waals surface area contributed by atoms with E-state index in [4.69, 9.17) is 0 Å². The molecular formula is C16H18N2O. The van der Waals surface area contributed by atoms with Gasteiger partial charge in [0, 0.05) is 24.5 Å². The molecule has 0 unspecified atom stereocenters. The summed E-state index contributed by atoms with van der Waals surface area (Å²) in [6.45, 7) is 2.94. The third-order valence-corrected chi connectivity index (χ3v) is 3.74. The van der Waals surface area contributed by atoms with Gasteiger partial charge in [-0.1, -0.05) is 19.1 Å². The van der Waals surface area contributed by atoms with E-state index < -0.39 is 0 Å². The van der Waals surface area contributed by atoms with Crippen molar-refractivity contribution in [2.75, 3.05) is 0 Å². The van der Waals surface area contributed by atoms with Crippen LogP contribution in [-0.2, 0) is 19.4 Å². The SMILES string of the molecule is CCCn1ccnc1C(=O)c1ccc2c(c1)CCC2. The molecule has 0 N–H and O–H groups in total. The Morgan fingerprint density at radius 1 is 1.32 bits per heavy atom.